The third kappa shape index (κ3) is 4.12. The van der Waals surface area contributed by atoms with Crippen LogP contribution in [0.15, 0.2) is 66.5 Å². The summed E-state index contributed by atoms with van der Waals surface area (Å²) in [5.74, 6) is 2.68. The maximum atomic E-state index is 5.17. The summed E-state index contributed by atoms with van der Waals surface area (Å²) < 4.78 is 5.17. The molecule has 0 unspecified atom stereocenters. The van der Waals surface area contributed by atoms with Crippen LogP contribution >= 0.6 is 0 Å². The molecule has 0 spiro atoms. The third-order valence-corrected chi connectivity index (χ3v) is 4.25. The molecule has 8 heteroatoms. The second-order valence-corrected chi connectivity index (χ2v) is 6.18. The number of aromatic amines is 1. The lowest BCUT2D eigenvalue weighted by atomic mass is 10.2. The van der Waals surface area contributed by atoms with Crippen LogP contribution in [0.25, 0.3) is 11.4 Å². The molecule has 8 nitrogen and oxygen atoms in total. The number of hydrogen-bond donors (Lipinski definition) is 4. The number of pyridine rings is 1. The van der Waals surface area contributed by atoms with Crippen LogP contribution in [0, 0.1) is 0 Å². The molecule has 0 radical (unpaired) electrons. The Morgan fingerprint density at radius 3 is 2.86 bits per heavy atom. The van der Waals surface area contributed by atoms with E-state index in [0.717, 1.165) is 29.4 Å². The van der Waals surface area contributed by atoms with E-state index < -0.39 is 0 Å². The summed E-state index contributed by atoms with van der Waals surface area (Å²) in [4.78, 5) is 9.00. The first-order valence-corrected chi connectivity index (χ1v) is 8.92. The molecule has 1 aromatic carbocycles. The van der Waals surface area contributed by atoms with Crippen LogP contribution in [-0.2, 0) is 0 Å². The highest BCUT2D eigenvalue weighted by molar-refractivity contribution is 5.71. The molecule has 28 heavy (non-hydrogen) atoms. The summed E-state index contributed by atoms with van der Waals surface area (Å²) >= 11 is 0. The average Bonchev–Trinajstić information content (AvgIpc) is 3.22. The van der Waals surface area contributed by atoms with E-state index in [1.54, 1.807) is 13.3 Å². The summed E-state index contributed by atoms with van der Waals surface area (Å²) in [7, 11) is 1.64. The van der Waals surface area contributed by atoms with Gasteiger partial charge in [0.2, 0.25) is 5.95 Å². The molecular formula is C20H21N7O. The Bertz CT molecular complexity index is 992. The van der Waals surface area contributed by atoms with E-state index in [-0.39, 0.29) is 0 Å². The molecule has 3 heterocycles. The highest BCUT2D eigenvalue weighted by Gasteiger charge is 2.12. The fourth-order valence-electron chi connectivity index (χ4n) is 2.80. The monoisotopic (exact) mass is 375 g/mol. The van der Waals surface area contributed by atoms with Gasteiger partial charge in [-0.2, -0.15) is 4.98 Å². The Morgan fingerprint density at radius 2 is 2.07 bits per heavy atom. The zero-order valence-electron chi connectivity index (χ0n) is 15.4. The maximum absolute atomic E-state index is 5.17. The van der Waals surface area contributed by atoms with E-state index in [1.807, 2.05) is 48.7 Å². The van der Waals surface area contributed by atoms with Gasteiger partial charge in [-0.3, -0.25) is 5.10 Å². The van der Waals surface area contributed by atoms with Gasteiger partial charge >= 0.3 is 0 Å². The van der Waals surface area contributed by atoms with Crippen molar-refractivity contribution in [3.05, 3.63) is 66.5 Å². The molecule has 0 saturated heterocycles. The van der Waals surface area contributed by atoms with Crippen LogP contribution in [0.2, 0.25) is 0 Å². The lowest BCUT2D eigenvalue weighted by Gasteiger charge is -2.13. The van der Waals surface area contributed by atoms with Gasteiger partial charge in [-0.05, 0) is 54.2 Å². The van der Waals surface area contributed by atoms with Gasteiger partial charge in [-0.1, -0.05) is 6.08 Å². The van der Waals surface area contributed by atoms with Crippen molar-refractivity contribution in [2.24, 2.45) is 0 Å². The largest absolute Gasteiger partial charge is 0.497 e. The van der Waals surface area contributed by atoms with Crippen molar-refractivity contribution < 1.29 is 4.74 Å². The molecule has 1 aliphatic rings. The number of aromatic nitrogens is 4. The quantitative estimate of drug-likeness (QED) is 0.504. The standard InChI is InChI=1S/C20H21N7O/c1-28-16-8-6-15(7-9-16)24-20-25-19(26-27-20)17-5-3-11-22-18(17)23-13-14-4-2-10-21-12-14/h2-11,21H,12-13H2,1H3,(H,22,23)(H2,24,25,26,27). The van der Waals surface area contributed by atoms with Crippen molar-refractivity contribution >= 4 is 17.5 Å². The summed E-state index contributed by atoms with van der Waals surface area (Å²) in [6, 6.07) is 11.4. The molecule has 3 aromatic rings. The summed E-state index contributed by atoms with van der Waals surface area (Å²) in [6.07, 6.45) is 7.78. The van der Waals surface area contributed by atoms with Gasteiger partial charge in [0.05, 0.1) is 12.7 Å². The number of anilines is 3. The minimum atomic E-state index is 0.485. The second kappa shape index (κ2) is 8.26. The Balaban J connectivity index is 1.48. The molecule has 0 fully saturated rings. The van der Waals surface area contributed by atoms with E-state index in [2.05, 4.69) is 42.2 Å². The minimum Gasteiger partial charge on any atom is -0.497 e. The fraction of sp³-hybridized carbons (Fsp3) is 0.150. The topological polar surface area (TPSA) is 99.8 Å². The lowest BCUT2D eigenvalue weighted by Crippen LogP contribution is -2.18. The Labute approximate surface area is 162 Å². The minimum absolute atomic E-state index is 0.485. The van der Waals surface area contributed by atoms with Gasteiger partial charge in [-0.25, -0.2) is 4.98 Å². The predicted octanol–water partition coefficient (Wildman–Crippen LogP) is 3.07. The van der Waals surface area contributed by atoms with E-state index in [4.69, 9.17) is 4.74 Å². The number of hydrogen-bond acceptors (Lipinski definition) is 7. The third-order valence-electron chi connectivity index (χ3n) is 4.25. The van der Waals surface area contributed by atoms with Crippen molar-refractivity contribution in [2.45, 2.75) is 0 Å². The summed E-state index contributed by atoms with van der Waals surface area (Å²) in [5.41, 5.74) is 2.98. The number of allylic oxidation sites excluding steroid dienone is 2. The van der Waals surface area contributed by atoms with Crippen LogP contribution in [0.3, 0.4) is 0 Å². The van der Waals surface area contributed by atoms with Crippen LogP contribution < -0.4 is 20.7 Å². The first kappa shape index (κ1) is 17.6. The predicted molar refractivity (Wildman–Crippen MR) is 110 cm³/mol. The molecule has 4 N–H and O–H groups in total. The number of ether oxygens (including phenoxy) is 1. The molecule has 2 aromatic heterocycles. The lowest BCUT2D eigenvalue weighted by molar-refractivity contribution is 0.415. The Kier molecular flexibility index (Phi) is 5.19. The van der Waals surface area contributed by atoms with Gasteiger partial charge in [-0.15, -0.1) is 5.10 Å². The molecule has 0 atom stereocenters. The number of dihydropyridines is 1. The smallest absolute Gasteiger partial charge is 0.246 e. The normalized spacial score (nSPS) is 12.8. The highest BCUT2D eigenvalue weighted by Crippen LogP contribution is 2.25. The van der Waals surface area contributed by atoms with Crippen LogP contribution in [0.1, 0.15) is 0 Å². The molecule has 4 rings (SSSR count). The van der Waals surface area contributed by atoms with Crippen LogP contribution in [-0.4, -0.2) is 40.4 Å². The first-order valence-electron chi connectivity index (χ1n) is 8.92. The van der Waals surface area contributed by atoms with E-state index in [9.17, 15) is 0 Å². The SMILES string of the molecule is COc1ccc(Nc2n[nH]c(-c3cccnc3NCC3=CC=CNC3)n2)cc1. The molecule has 1 aliphatic heterocycles. The van der Waals surface area contributed by atoms with Gasteiger partial charge < -0.3 is 20.7 Å². The van der Waals surface area contributed by atoms with Crippen molar-refractivity contribution in [1.29, 1.82) is 0 Å². The first-order chi connectivity index (χ1) is 13.8. The Morgan fingerprint density at radius 1 is 1.18 bits per heavy atom. The van der Waals surface area contributed by atoms with E-state index >= 15 is 0 Å². The molecule has 0 aliphatic carbocycles. The Hall–Kier alpha value is -3.81. The van der Waals surface area contributed by atoms with Gasteiger partial charge in [0.1, 0.15) is 11.6 Å². The number of rotatable bonds is 7. The van der Waals surface area contributed by atoms with Gasteiger partial charge in [0.25, 0.3) is 0 Å². The number of benzene rings is 1. The van der Waals surface area contributed by atoms with Crippen molar-refractivity contribution in [2.75, 3.05) is 30.8 Å². The molecule has 0 bridgehead atoms. The number of H-pyrrole nitrogens is 1. The summed E-state index contributed by atoms with van der Waals surface area (Å²) in [5, 5.41) is 17.0. The fourth-order valence-corrected chi connectivity index (χ4v) is 2.80. The zero-order chi connectivity index (χ0) is 19.2. The van der Waals surface area contributed by atoms with Crippen molar-refractivity contribution in [1.82, 2.24) is 25.5 Å². The van der Waals surface area contributed by atoms with E-state index in [1.165, 1.54) is 5.57 Å². The molecule has 0 amide bonds. The average molecular weight is 375 g/mol. The number of nitrogens with one attached hydrogen (secondary N) is 4. The second-order valence-electron chi connectivity index (χ2n) is 6.18. The maximum Gasteiger partial charge on any atom is 0.246 e. The van der Waals surface area contributed by atoms with Gasteiger partial charge in [0.15, 0.2) is 5.82 Å². The molecular weight excluding hydrogens is 354 g/mol. The van der Waals surface area contributed by atoms with Crippen molar-refractivity contribution in [3.63, 3.8) is 0 Å². The van der Waals surface area contributed by atoms with E-state index in [0.29, 0.717) is 18.3 Å². The molecule has 0 saturated carbocycles. The molecule has 142 valence electrons. The van der Waals surface area contributed by atoms with Crippen molar-refractivity contribution in [3.8, 4) is 17.1 Å². The zero-order valence-corrected chi connectivity index (χ0v) is 15.4. The highest BCUT2D eigenvalue weighted by atomic mass is 16.5. The summed E-state index contributed by atoms with van der Waals surface area (Å²) in [6.45, 7) is 1.52. The number of methoxy groups -OCH3 is 1. The van der Waals surface area contributed by atoms with Gasteiger partial charge in [0, 0.05) is 25.0 Å². The number of nitrogens with zero attached hydrogens (tertiary/aromatic N) is 3. The van der Waals surface area contributed by atoms with Crippen LogP contribution in [0.4, 0.5) is 17.5 Å². The van der Waals surface area contributed by atoms with Crippen LogP contribution in [0.5, 0.6) is 5.75 Å².